The smallest absolute Gasteiger partial charge is 0.411 e. The van der Waals surface area contributed by atoms with Gasteiger partial charge in [-0.25, -0.2) is 9.18 Å². The molecule has 0 bridgehead atoms. The molecule has 0 N–H and O–H groups in total. The summed E-state index contributed by atoms with van der Waals surface area (Å²) in [5, 5.41) is 0.418. The van der Waals surface area contributed by atoms with Crippen molar-refractivity contribution < 1.29 is 27.9 Å². The number of carbonyl (C=O) groups excluding carboxylic acids is 2. The Bertz CT molecular complexity index is 832. The summed E-state index contributed by atoms with van der Waals surface area (Å²) in [7, 11) is 0. The average Bonchev–Trinajstić information content (AvgIpc) is 3.04. The number of halogens is 3. The molecule has 2 atom stereocenters. The quantitative estimate of drug-likeness (QED) is 0.611. The van der Waals surface area contributed by atoms with Gasteiger partial charge in [0.05, 0.1) is 26.3 Å². The fourth-order valence-electron chi connectivity index (χ4n) is 3.98. The van der Waals surface area contributed by atoms with Crippen LogP contribution in [0.1, 0.15) is 32.8 Å². The molecule has 10 heteroatoms. The summed E-state index contributed by atoms with van der Waals surface area (Å²) in [5.74, 6) is -0.989. The number of amides is 2. The molecule has 0 aromatic heterocycles. The molecule has 0 radical (unpaired) electrons. The van der Waals surface area contributed by atoms with Gasteiger partial charge in [-0.15, -0.1) is 0 Å². The number of benzene rings is 1. The van der Waals surface area contributed by atoms with E-state index in [-0.39, 0.29) is 31.2 Å². The van der Waals surface area contributed by atoms with Crippen LogP contribution in [0.2, 0.25) is 5.02 Å². The van der Waals surface area contributed by atoms with Crippen molar-refractivity contribution in [3.8, 4) is 0 Å². The van der Waals surface area contributed by atoms with Gasteiger partial charge in [0.15, 0.2) is 0 Å². The lowest BCUT2D eigenvalue weighted by atomic mass is 10.0. The van der Waals surface area contributed by atoms with Gasteiger partial charge in [-0.1, -0.05) is 28.2 Å². The second-order valence-corrected chi connectivity index (χ2v) is 9.79. The summed E-state index contributed by atoms with van der Waals surface area (Å²) < 4.78 is 41.4. The van der Waals surface area contributed by atoms with Crippen molar-refractivity contribution in [3.63, 3.8) is 0 Å². The Kier molecular flexibility index (Phi) is 7.62. The van der Waals surface area contributed by atoms with E-state index >= 15 is 4.39 Å². The normalized spacial score (nSPS) is 24.4. The highest BCUT2D eigenvalue weighted by Crippen LogP contribution is 2.34. The first kappa shape index (κ1) is 24.7. The van der Waals surface area contributed by atoms with E-state index in [0.717, 1.165) is 4.90 Å². The predicted octanol–water partition coefficient (Wildman–Crippen LogP) is 3.60. The fraction of sp³-hybridized carbons (Fsp3) is 0.636. The number of likely N-dealkylation sites (tertiary alicyclic amines) is 1. The molecular formula is C22H30ClF2N3O4. The number of rotatable bonds is 5. The molecule has 178 valence electrons. The van der Waals surface area contributed by atoms with Gasteiger partial charge in [0.1, 0.15) is 17.3 Å². The van der Waals surface area contributed by atoms with Gasteiger partial charge in [0, 0.05) is 31.1 Å². The fourth-order valence-corrected chi connectivity index (χ4v) is 4.19. The van der Waals surface area contributed by atoms with Crippen LogP contribution in [0.25, 0.3) is 0 Å². The first-order valence-electron chi connectivity index (χ1n) is 10.7. The van der Waals surface area contributed by atoms with Crippen LogP contribution in [0.3, 0.4) is 0 Å². The van der Waals surface area contributed by atoms with Crippen LogP contribution in [0.15, 0.2) is 24.3 Å². The summed E-state index contributed by atoms with van der Waals surface area (Å²) in [6.07, 6.45) is -1.15. The van der Waals surface area contributed by atoms with Crippen LogP contribution < -0.4 is 0 Å². The summed E-state index contributed by atoms with van der Waals surface area (Å²) in [6, 6.07) is 5.15. The van der Waals surface area contributed by atoms with Crippen molar-refractivity contribution in [1.82, 2.24) is 14.9 Å². The van der Waals surface area contributed by atoms with Gasteiger partial charge in [0.2, 0.25) is 0 Å². The van der Waals surface area contributed by atoms with E-state index in [1.807, 2.05) is 4.90 Å². The van der Waals surface area contributed by atoms with E-state index in [9.17, 15) is 14.1 Å². The van der Waals surface area contributed by atoms with Gasteiger partial charge in [-0.2, -0.15) is 5.12 Å². The molecule has 1 aromatic carbocycles. The lowest BCUT2D eigenvalue weighted by Crippen LogP contribution is -2.48. The maximum Gasteiger partial charge on any atom is 0.411 e. The van der Waals surface area contributed by atoms with Crippen LogP contribution >= 0.6 is 11.6 Å². The summed E-state index contributed by atoms with van der Waals surface area (Å²) in [4.78, 5) is 28.6. The van der Waals surface area contributed by atoms with E-state index in [0.29, 0.717) is 36.9 Å². The third-order valence-corrected chi connectivity index (χ3v) is 5.60. The van der Waals surface area contributed by atoms with E-state index < -0.39 is 29.3 Å². The third-order valence-electron chi connectivity index (χ3n) is 5.36. The molecule has 0 aliphatic carbocycles. The number of nitrogens with zero attached hydrogens (tertiary/aromatic N) is 3. The highest BCUT2D eigenvalue weighted by molar-refractivity contribution is 6.30. The molecule has 2 aliphatic heterocycles. The van der Waals surface area contributed by atoms with Crippen molar-refractivity contribution >= 4 is 23.6 Å². The minimum atomic E-state index is -1.87. The highest BCUT2D eigenvalue weighted by Gasteiger charge is 2.52. The Morgan fingerprint density at radius 2 is 2.00 bits per heavy atom. The van der Waals surface area contributed by atoms with Crippen LogP contribution in [0.5, 0.6) is 0 Å². The van der Waals surface area contributed by atoms with Gasteiger partial charge >= 0.3 is 6.09 Å². The van der Waals surface area contributed by atoms with Gasteiger partial charge in [-0.3, -0.25) is 14.6 Å². The van der Waals surface area contributed by atoms with Gasteiger partial charge < -0.3 is 9.47 Å². The lowest BCUT2D eigenvalue weighted by molar-refractivity contribution is -0.153. The Morgan fingerprint density at radius 3 is 2.62 bits per heavy atom. The van der Waals surface area contributed by atoms with Crippen molar-refractivity contribution in [1.29, 1.82) is 0 Å². The van der Waals surface area contributed by atoms with E-state index in [4.69, 9.17) is 21.1 Å². The Balaban J connectivity index is 1.76. The molecule has 1 aromatic rings. The molecule has 2 saturated heterocycles. The van der Waals surface area contributed by atoms with Gasteiger partial charge in [-0.05, 0) is 38.5 Å². The van der Waals surface area contributed by atoms with Crippen molar-refractivity contribution in [2.45, 2.75) is 51.0 Å². The maximum absolute atomic E-state index is 15.9. The molecule has 32 heavy (non-hydrogen) atoms. The number of carbonyl (C=O) groups is 2. The molecule has 0 unspecified atom stereocenters. The Hall–Kier alpha value is -1.97. The molecule has 3 rings (SSSR count). The van der Waals surface area contributed by atoms with Crippen LogP contribution in [0.4, 0.5) is 13.7 Å². The standard InChI is InChI=1S/C22H30ClF2N3O4/c1-21(2,3)32-20(30)27-15-22(24,14-26-7-9-31-10-8-26)12-18(27)19(29)28(25)13-16-5-4-6-17(23)11-16/h4-6,11,18H,7-10,12-15H2,1-3H3/t18-,22-/m0/s1. The molecule has 0 spiro atoms. The summed E-state index contributed by atoms with van der Waals surface area (Å²) >= 11 is 5.93. The molecule has 0 saturated carbocycles. The molecule has 2 fully saturated rings. The Labute approximate surface area is 192 Å². The second kappa shape index (κ2) is 9.89. The first-order valence-corrected chi connectivity index (χ1v) is 11.0. The monoisotopic (exact) mass is 473 g/mol. The zero-order valence-corrected chi connectivity index (χ0v) is 19.4. The zero-order valence-electron chi connectivity index (χ0n) is 18.7. The number of alkyl halides is 1. The van der Waals surface area contributed by atoms with E-state index in [1.54, 1.807) is 45.0 Å². The largest absolute Gasteiger partial charge is 0.444 e. The van der Waals surface area contributed by atoms with Gasteiger partial charge in [0.25, 0.3) is 5.91 Å². The van der Waals surface area contributed by atoms with Crippen molar-refractivity contribution in [2.75, 3.05) is 39.4 Å². The number of morpholine rings is 1. The third kappa shape index (κ3) is 6.52. The minimum Gasteiger partial charge on any atom is -0.444 e. The van der Waals surface area contributed by atoms with E-state index in [2.05, 4.69) is 0 Å². The summed E-state index contributed by atoms with van der Waals surface area (Å²) in [6.45, 7) is 6.44. The lowest BCUT2D eigenvalue weighted by Gasteiger charge is -2.32. The maximum atomic E-state index is 15.9. The van der Waals surface area contributed by atoms with Crippen molar-refractivity contribution in [2.24, 2.45) is 0 Å². The van der Waals surface area contributed by atoms with Crippen molar-refractivity contribution in [3.05, 3.63) is 34.9 Å². The average molecular weight is 474 g/mol. The zero-order chi connectivity index (χ0) is 23.5. The molecule has 2 amide bonds. The molecule has 2 aliphatic rings. The number of hydrogen-bond donors (Lipinski definition) is 0. The highest BCUT2D eigenvalue weighted by atomic mass is 35.5. The number of ether oxygens (including phenoxy) is 2. The van der Waals surface area contributed by atoms with Crippen LogP contribution in [0, 0.1) is 0 Å². The SMILES string of the molecule is CC(C)(C)OC(=O)N1C[C@@](F)(CN2CCOCC2)C[C@H]1C(=O)N(F)Cc1cccc(Cl)c1. The van der Waals surface area contributed by atoms with E-state index in [1.165, 1.54) is 0 Å². The minimum absolute atomic E-state index is 0.00811. The molecule has 2 heterocycles. The predicted molar refractivity (Wildman–Crippen MR) is 116 cm³/mol. The summed E-state index contributed by atoms with van der Waals surface area (Å²) in [5.41, 5.74) is -2.23. The Morgan fingerprint density at radius 1 is 1.31 bits per heavy atom. The van der Waals surface area contributed by atoms with Crippen LogP contribution in [-0.4, -0.2) is 83.6 Å². The first-order chi connectivity index (χ1) is 15.0. The number of hydrogen-bond acceptors (Lipinski definition) is 5. The molecule has 7 nitrogen and oxygen atoms in total. The second-order valence-electron chi connectivity index (χ2n) is 9.36. The topological polar surface area (TPSA) is 62.3 Å². The molecular weight excluding hydrogens is 444 g/mol. The van der Waals surface area contributed by atoms with Crippen LogP contribution in [-0.2, 0) is 20.8 Å².